The van der Waals surface area contributed by atoms with Crippen LogP contribution in [-0.4, -0.2) is 15.3 Å². The quantitative estimate of drug-likeness (QED) is 0.438. The summed E-state index contributed by atoms with van der Waals surface area (Å²) in [6.45, 7) is 0. The highest BCUT2D eigenvalue weighted by atomic mass is 32.1. The number of hydrogen-bond donors (Lipinski definition) is 3. The topological polar surface area (TPSA) is 57.5 Å². The molecule has 0 heterocycles. The summed E-state index contributed by atoms with van der Waals surface area (Å²) in [7, 11) is 0. The van der Waals surface area contributed by atoms with Crippen LogP contribution in [0.1, 0.15) is 10.4 Å². The van der Waals surface area contributed by atoms with Crippen molar-refractivity contribution >= 4 is 17.7 Å². The summed E-state index contributed by atoms with van der Waals surface area (Å²) in [4.78, 5) is 10.6. The van der Waals surface area contributed by atoms with E-state index in [1.165, 1.54) is 12.1 Å². The van der Waals surface area contributed by atoms with Crippen molar-refractivity contribution in [3.8, 4) is 11.5 Å². The van der Waals surface area contributed by atoms with Crippen molar-refractivity contribution in [2.45, 2.75) is 0 Å². The van der Waals surface area contributed by atoms with Crippen LogP contribution < -0.4 is 0 Å². The van der Waals surface area contributed by atoms with Gasteiger partial charge in [-0.3, -0.25) is 4.79 Å². The van der Waals surface area contributed by atoms with Gasteiger partial charge in [0.1, 0.15) is 0 Å². The number of benzene rings is 1. The van der Waals surface area contributed by atoms with Gasteiger partial charge in [0.2, 0.25) is 5.12 Å². The minimum atomic E-state index is -0.444. The van der Waals surface area contributed by atoms with Crippen LogP contribution in [0.4, 0.5) is 0 Å². The molecule has 4 heteroatoms. The fourth-order valence-corrected chi connectivity index (χ4v) is 0.796. The molecule has 2 N–H and O–H groups in total. The Kier molecular flexibility index (Phi) is 2.05. The van der Waals surface area contributed by atoms with Crippen molar-refractivity contribution < 1.29 is 15.0 Å². The Morgan fingerprint density at radius 1 is 1.27 bits per heavy atom. The maximum atomic E-state index is 10.6. The summed E-state index contributed by atoms with van der Waals surface area (Å²) in [5, 5.41) is 17.3. The number of thiol groups is 1. The van der Waals surface area contributed by atoms with Gasteiger partial charge in [0.15, 0.2) is 11.5 Å². The van der Waals surface area contributed by atoms with Crippen molar-refractivity contribution in [3.63, 3.8) is 0 Å². The average molecular weight is 170 g/mol. The zero-order valence-electron chi connectivity index (χ0n) is 5.48. The monoisotopic (exact) mass is 170 g/mol. The minimum Gasteiger partial charge on any atom is -0.504 e. The van der Waals surface area contributed by atoms with Gasteiger partial charge in [-0.25, -0.2) is 0 Å². The molecule has 11 heavy (non-hydrogen) atoms. The maximum absolute atomic E-state index is 10.6. The van der Waals surface area contributed by atoms with Crippen molar-refractivity contribution in [2.24, 2.45) is 0 Å². The van der Waals surface area contributed by atoms with Gasteiger partial charge in [0.05, 0.1) is 0 Å². The van der Waals surface area contributed by atoms with Crippen LogP contribution in [0.3, 0.4) is 0 Å². The zero-order valence-corrected chi connectivity index (χ0v) is 6.38. The Balaban J connectivity index is 3.15. The molecule has 0 aliphatic carbocycles. The first-order valence-electron chi connectivity index (χ1n) is 2.86. The minimum absolute atomic E-state index is 0.247. The summed E-state index contributed by atoms with van der Waals surface area (Å²) < 4.78 is 0. The van der Waals surface area contributed by atoms with Crippen LogP contribution in [0, 0.1) is 0 Å². The first-order valence-corrected chi connectivity index (χ1v) is 3.31. The third-order valence-corrected chi connectivity index (χ3v) is 1.48. The summed E-state index contributed by atoms with van der Waals surface area (Å²) in [5.74, 6) is -0.562. The van der Waals surface area contributed by atoms with Crippen LogP contribution in [0.2, 0.25) is 0 Å². The highest BCUT2D eigenvalue weighted by Crippen LogP contribution is 2.25. The molecular formula is C7H6O3S. The van der Waals surface area contributed by atoms with E-state index < -0.39 is 5.12 Å². The summed E-state index contributed by atoms with van der Waals surface area (Å²) in [5.41, 5.74) is 0.253. The number of hydrogen-bond acceptors (Lipinski definition) is 3. The number of aromatic hydroxyl groups is 2. The molecule has 0 aromatic heterocycles. The van der Waals surface area contributed by atoms with E-state index in [1.807, 2.05) is 0 Å². The molecule has 58 valence electrons. The molecule has 1 aromatic rings. The number of carbonyl (C=O) groups is 1. The van der Waals surface area contributed by atoms with E-state index in [9.17, 15) is 4.79 Å². The van der Waals surface area contributed by atoms with Crippen LogP contribution in [0.25, 0.3) is 0 Å². The van der Waals surface area contributed by atoms with Gasteiger partial charge in [0.25, 0.3) is 0 Å². The maximum Gasteiger partial charge on any atom is 0.216 e. The molecule has 0 saturated carbocycles. The predicted molar refractivity (Wildman–Crippen MR) is 43.1 cm³/mol. The molecule has 0 atom stereocenters. The first-order chi connectivity index (χ1) is 5.11. The molecule has 1 aromatic carbocycles. The normalized spacial score (nSPS) is 9.55. The van der Waals surface area contributed by atoms with Gasteiger partial charge in [-0.2, -0.15) is 0 Å². The second-order valence-electron chi connectivity index (χ2n) is 2.01. The molecule has 0 saturated heterocycles. The van der Waals surface area contributed by atoms with Crippen molar-refractivity contribution in [3.05, 3.63) is 23.8 Å². The summed E-state index contributed by atoms with van der Waals surface area (Å²) in [6, 6.07) is 3.77. The molecule has 0 amide bonds. The highest BCUT2D eigenvalue weighted by molar-refractivity contribution is 7.97. The molecule has 0 radical (unpaired) electrons. The van der Waals surface area contributed by atoms with E-state index in [0.717, 1.165) is 6.07 Å². The van der Waals surface area contributed by atoms with Crippen molar-refractivity contribution in [1.82, 2.24) is 0 Å². The summed E-state index contributed by atoms with van der Waals surface area (Å²) >= 11 is 3.54. The average Bonchev–Trinajstić information content (AvgIpc) is 1.94. The van der Waals surface area contributed by atoms with Crippen LogP contribution in [0.5, 0.6) is 11.5 Å². The van der Waals surface area contributed by atoms with Gasteiger partial charge < -0.3 is 10.2 Å². The second-order valence-corrected chi connectivity index (χ2v) is 2.41. The van der Waals surface area contributed by atoms with E-state index in [-0.39, 0.29) is 17.1 Å². The van der Waals surface area contributed by atoms with Gasteiger partial charge in [-0.15, -0.1) is 12.6 Å². The predicted octanol–water partition coefficient (Wildman–Crippen LogP) is 1.17. The fourth-order valence-electron chi connectivity index (χ4n) is 0.656. The lowest BCUT2D eigenvalue weighted by Crippen LogP contribution is -1.86. The van der Waals surface area contributed by atoms with E-state index >= 15 is 0 Å². The number of phenolic OH excluding ortho intramolecular Hbond substituents is 2. The second kappa shape index (κ2) is 2.84. The lowest BCUT2D eigenvalue weighted by atomic mass is 10.2. The van der Waals surface area contributed by atoms with Gasteiger partial charge in [-0.1, -0.05) is 0 Å². The molecular weight excluding hydrogens is 164 g/mol. The zero-order chi connectivity index (χ0) is 8.43. The van der Waals surface area contributed by atoms with Gasteiger partial charge in [0, 0.05) is 5.56 Å². The smallest absolute Gasteiger partial charge is 0.216 e. The Labute approximate surface area is 68.7 Å². The largest absolute Gasteiger partial charge is 0.504 e. The molecule has 0 fully saturated rings. The molecule has 0 spiro atoms. The third kappa shape index (κ3) is 1.65. The van der Waals surface area contributed by atoms with Crippen LogP contribution in [-0.2, 0) is 0 Å². The van der Waals surface area contributed by atoms with E-state index in [2.05, 4.69) is 12.6 Å². The lowest BCUT2D eigenvalue weighted by Gasteiger charge is -1.97. The SMILES string of the molecule is O=C(S)c1ccc(O)c(O)c1. The number of phenols is 2. The standard InChI is InChI=1S/C7H6O3S/c8-5-2-1-4(7(10)11)3-6(5)9/h1-3,8-9H,(H,10,11). The van der Waals surface area contributed by atoms with Gasteiger partial charge >= 0.3 is 0 Å². The number of rotatable bonds is 1. The third-order valence-electron chi connectivity index (χ3n) is 1.22. The Hall–Kier alpha value is -1.16. The first kappa shape index (κ1) is 7.94. The highest BCUT2D eigenvalue weighted by Gasteiger charge is 2.03. The molecule has 0 aliphatic rings. The summed E-state index contributed by atoms with van der Waals surface area (Å²) in [6.07, 6.45) is 0. The van der Waals surface area contributed by atoms with E-state index in [4.69, 9.17) is 10.2 Å². The van der Waals surface area contributed by atoms with Crippen LogP contribution >= 0.6 is 12.6 Å². The number of carbonyl (C=O) groups excluding carboxylic acids is 1. The Morgan fingerprint density at radius 2 is 1.91 bits per heavy atom. The fraction of sp³-hybridized carbons (Fsp3) is 0. The van der Waals surface area contributed by atoms with Crippen molar-refractivity contribution in [1.29, 1.82) is 0 Å². The Morgan fingerprint density at radius 3 is 2.36 bits per heavy atom. The molecule has 0 aliphatic heterocycles. The molecule has 3 nitrogen and oxygen atoms in total. The molecule has 0 unspecified atom stereocenters. The Bertz CT molecular complexity index is 296. The van der Waals surface area contributed by atoms with E-state index in [1.54, 1.807) is 0 Å². The van der Waals surface area contributed by atoms with Gasteiger partial charge in [-0.05, 0) is 18.2 Å². The van der Waals surface area contributed by atoms with E-state index in [0.29, 0.717) is 0 Å². The van der Waals surface area contributed by atoms with Crippen LogP contribution in [0.15, 0.2) is 18.2 Å². The molecule has 1 rings (SSSR count). The lowest BCUT2D eigenvalue weighted by molar-refractivity contribution is 0.109. The molecule has 0 bridgehead atoms. The van der Waals surface area contributed by atoms with Crippen molar-refractivity contribution in [2.75, 3.05) is 0 Å².